The second-order valence-corrected chi connectivity index (χ2v) is 6.33. The van der Waals surface area contributed by atoms with E-state index in [2.05, 4.69) is 47.7 Å². The van der Waals surface area contributed by atoms with Gasteiger partial charge >= 0.3 is 0 Å². The highest BCUT2D eigenvalue weighted by molar-refractivity contribution is 5.42. The smallest absolute Gasteiger partial charge is 0.120 e. The first-order valence-corrected chi connectivity index (χ1v) is 8.39. The lowest BCUT2D eigenvalue weighted by Crippen LogP contribution is -2.31. The Morgan fingerprint density at radius 3 is 2.91 bits per heavy atom. The molecule has 0 radical (unpaired) electrons. The fourth-order valence-corrected chi connectivity index (χ4v) is 3.49. The fraction of sp³-hybridized carbons (Fsp3) is 0.474. The zero-order chi connectivity index (χ0) is 15.5. The molecule has 2 heterocycles. The van der Waals surface area contributed by atoms with E-state index in [-0.39, 0.29) is 6.04 Å². The summed E-state index contributed by atoms with van der Waals surface area (Å²) in [5.74, 6) is 0.409. The molecule has 3 nitrogen and oxygen atoms in total. The molecule has 118 valence electrons. The van der Waals surface area contributed by atoms with Gasteiger partial charge in [0.1, 0.15) is 5.75 Å². The molecular formula is C19H26N2O. The molecule has 2 aromatic rings. The lowest BCUT2D eigenvalue weighted by atomic mass is 9.98. The molecule has 0 spiro atoms. The number of aromatic hydroxyl groups is 1. The number of aryl methyl sites for hydroxylation is 2. The normalized spacial score (nSPS) is 18.9. The standard InChI is InChI=1S/C19H26N2O/c1-3-4-10-21-13-6-12-20-11-5-7-17(20)19(21)16-14-15(2)8-9-18(16)22/h5,7-9,11,14,19,22H,3-4,6,10,12-13H2,1-2H3. The van der Waals surface area contributed by atoms with Crippen LogP contribution in [-0.4, -0.2) is 27.7 Å². The number of phenols is 1. The largest absolute Gasteiger partial charge is 0.508 e. The molecule has 0 aliphatic carbocycles. The summed E-state index contributed by atoms with van der Waals surface area (Å²) in [7, 11) is 0. The summed E-state index contributed by atoms with van der Waals surface area (Å²) in [6.45, 7) is 7.56. The van der Waals surface area contributed by atoms with Crippen LogP contribution in [0.4, 0.5) is 0 Å². The first kappa shape index (κ1) is 15.2. The lowest BCUT2D eigenvalue weighted by molar-refractivity contribution is 0.222. The minimum absolute atomic E-state index is 0.156. The number of rotatable bonds is 4. The van der Waals surface area contributed by atoms with Crippen LogP contribution < -0.4 is 0 Å². The molecule has 0 saturated heterocycles. The molecule has 1 unspecified atom stereocenters. The molecule has 1 aromatic heterocycles. The minimum atomic E-state index is 0.156. The maximum Gasteiger partial charge on any atom is 0.120 e. The molecular weight excluding hydrogens is 272 g/mol. The van der Waals surface area contributed by atoms with Gasteiger partial charge in [-0.15, -0.1) is 0 Å². The first-order valence-electron chi connectivity index (χ1n) is 8.39. The minimum Gasteiger partial charge on any atom is -0.508 e. The zero-order valence-electron chi connectivity index (χ0n) is 13.6. The summed E-state index contributed by atoms with van der Waals surface area (Å²) >= 11 is 0. The van der Waals surface area contributed by atoms with Crippen LogP contribution in [0.1, 0.15) is 49.0 Å². The molecule has 1 aliphatic rings. The van der Waals surface area contributed by atoms with Gasteiger partial charge < -0.3 is 9.67 Å². The zero-order valence-corrected chi connectivity index (χ0v) is 13.6. The van der Waals surface area contributed by atoms with Crippen LogP contribution in [0.15, 0.2) is 36.5 Å². The van der Waals surface area contributed by atoms with Crippen LogP contribution in [0.5, 0.6) is 5.75 Å². The number of hydrogen-bond acceptors (Lipinski definition) is 2. The van der Waals surface area contributed by atoms with E-state index in [0.29, 0.717) is 5.75 Å². The first-order chi connectivity index (χ1) is 10.7. The lowest BCUT2D eigenvalue weighted by Gasteiger charge is -2.31. The van der Waals surface area contributed by atoms with Crippen molar-refractivity contribution in [3.05, 3.63) is 53.3 Å². The number of nitrogens with zero attached hydrogens (tertiary/aromatic N) is 2. The molecule has 0 bridgehead atoms. The van der Waals surface area contributed by atoms with E-state index in [4.69, 9.17) is 0 Å². The second-order valence-electron chi connectivity index (χ2n) is 6.33. The van der Waals surface area contributed by atoms with Crippen molar-refractivity contribution >= 4 is 0 Å². The van der Waals surface area contributed by atoms with Gasteiger partial charge in [-0.1, -0.05) is 31.0 Å². The number of fused-ring (bicyclic) bond motifs is 1. The van der Waals surface area contributed by atoms with Crippen LogP contribution in [-0.2, 0) is 6.54 Å². The van der Waals surface area contributed by atoms with Crippen molar-refractivity contribution in [3.8, 4) is 5.75 Å². The third kappa shape index (κ3) is 2.91. The number of hydrogen-bond donors (Lipinski definition) is 1. The van der Waals surface area contributed by atoms with Crippen LogP contribution in [0.25, 0.3) is 0 Å². The maximum absolute atomic E-state index is 10.4. The molecule has 3 rings (SSSR count). The highest BCUT2D eigenvalue weighted by Gasteiger charge is 2.28. The van der Waals surface area contributed by atoms with Crippen LogP contribution in [0.3, 0.4) is 0 Å². The molecule has 0 saturated carbocycles. The molecule has 1 N–H and O–H groups in total. The summed E-state index contributed by atoms with van der Waals surface area (Å²) in [6, 6.07) is 10.4. The summed E-state index contributed by atoms with van der Waals surface area (Å²) in [6.07, 6.45) is 5.72. The molecule has 0 fully saturated rings. The molecule has 1 aromatic carbocycles. The Kier molecular flexibility index (Phi) is 4.53. The third-order valence-corrected chi connectivity index (χ3v) is 4.63. The average Bonchev–Trinajstić information content (AvgIpc) is 2.89. The molecule has 1 atom stereocenters. The SMILES string of the molecule is CCCCN1CCCn2cccc2C1c1cc(C)ccc1O. The van der Waals surface area contributed by atoms with Crippen molar-refractivity contribution in [2.75, 3.05) is 13.1 Å². The van der Waals surface area contributed by atoms with Gasteiger partial charge in [0.15, 0.2) is 0 Å². The Hall–Kier alpha value is -1.74. The Labute approximate surface area is 133 Å². The molecule has 0 amide bonds. The Morgan fingerprint density at radius 2 is 2.09 bits per heavy atom. The summed E-state index contributed by atoms with van der Waals surface area (Å²) < 4.78 is 2.35. The van der Waals surface area contributed by atoms with Crippen LogP contribution >= 0.6 is 0 Å². The van der Waals surface area contributed by atoms with Gasteiger partial charge in [-0.2, -0.15) is 0 Å². The number of aromatic nitrogens is 1. The Balaban J connectivity index is 2.06. The molecule has 22 heavy (non-hydrogen) atoms. The number of unbranched alkanes of at least 4 members (excludes halogenated alkanes) is 1. The topological polar surface area (TPSA) is 28.4 Å². The van der Waals surface area contributed by atoms with Gasteiger partial charge in [0.2, 0.25) is 0 Å². The van der Waals surface area contributed by atoms with E-state index in [1.54, 1.807) is 0 Å². The van der Waals surface area contributed by atoms with Crippen molar-refractivity contribution in [2.45, 2.75) is 45.7 Å². The van der Waals surface area contributed by atoms with E-state index < -0.39 is 0 Å². The monoisotopic (exact) mass is 298 g/mol. The van der Waals surface area contributed by atoms with Gasteiger partial charge in [-0.25, -0.2) is 0 Å². The highest BCUT2D eigenvalue weighted by Crippen LogP contribution is 2.36. The summed E-state index contributed by atoms with van der Waals surface area (Å²) in [5.41, 5.74) is 3.54. The van der Waals surface area contributed by atoms with E-state index in [1.807, 2.05) is 12.1 Å². The predicted molar refractivity (Wildman–Crippen MR) is 90.2 cm³/mol. The van der Waals surface area contributed by atoms with Crippen molar-refractivity contribution in [1.29, 1.82) is 0 Å². The van der Waals surface area contributed by atoms with Gasteiger partial charge in [0, 0.05) is 30.5 Å². The van der Waals surface area contributed by atoms with Crippen molar-refractivity contribution in [3.63, 3.8) is 0 Å². The van der Waals surface area contributed by atoms with E-state index in [1.165, 1.54) is 24.1 Å². The van der Waals surface area contributed by atoms with E-state index in [9.17, 15) is 5.11 Å². The number of benzene rings is 1. The van der Waals surface area contributed by atoms with Crippen LogP contribution in [0, 0.1) is 6.92 Å². The highest BCUT2D eigenvalue weighted by atomic mass is 16.3. The Bertz CT molecular complexity index is 632. The third-order valence-electron chi connectivity index (χ3n) is 4.63. The Morgan fingerprint density at radius 1 is 1.23 bits per heavy atom. The number of phenolic OH excluding ortho intramolecular Hbond substituents is 1. The van der Waals surface area contributed by atoms with Gasteiger partial charge in [-0.05, 0) is 44.5 Å². The summed E-state index contributed by atoms with van der Waals surface area (Å²) in [4.78, 5) is 2.54. The van der Waals surface area contributed by atoms with Crippen molar-refractivity contribution in [1.82, 2.24) is 9.47 Å². The quantitative estimate of drug-likeness (QED) is 0.920. The van der Waals surface area contributed by atoms with Gasteiger partial charge in [-0.3, -0.25) is 4.90 Å². The van der Waals surface area contributed by atoms with Crippen molar-refractivity contribution < 1.29 is 5.11 Å². The van der Waals surface area contributed by atoms with E-state index in [0.717, 1.165) is 31.6 Å². The molecule has 1 aliphatic heterocycles. The predicted octanol–water partition coefficient (Wildman–Crippen LogP) is 4.10. The maximum atomic E-state index is 10.4. The average molecular weight is 298 g/mol. The molecule has 3 heteroatoms. The van der Waals surface area contributed by atoms with Crippen molar-refractivity contribution in [2.24, 2.45) is 0 Å². The second kappa shape index (κ2) is 6.57. The van der Waals surface area contributed by atoms with E-state index >= 15 is 0 Å². The van der Waals surface area contributed by atoms with Gasteiger partial charge in [0.05, 0.1) is 6.04 Å². The fourth-order valence-electron chi connectivity index (χ4n) is 3.49. The van der Waals surface area contributed by atoms with Crippen LogP contribution in [0.2, 0.25) is 0 Å². The summed E-state index contributed by atoms with van der Waals surface area (Å²) in [5, 5.41) is 10.4. The van der Waals surface area contributed by atoms with Gasteiger partial charge in [0.25, 0.3) is 0 Å².